The molecule has 3 N–H and O–H groups in total. The molecule has 0 saturated heterocycles. The molecule has 1 aliphatic carbocycles. The highest BCUT2D eigenvalue weighted by atomic mass is 16.5. The van der Waals surface area contributed by atoms with Crippen LogP contribution in [0.25, 0.3) is 0 Å². The SMILES string of the molecule is COCc1ccccc1NC(N)=NCC(C)N(C)C1CC1. The summed E-state index contributed by atoms with van der Waals surface area (Å²) >= 11 is 0. The van der Waals surface area contributed by atoms with E-state index in [2.05, 4.69) is 29.2 Å². The number of rotatable bonds is 7. The highest BCUT2D eigenvalue weighted by Crippen LogP contribution is 2.26. The number of hydrogen-bond acceptors (Lipinski definition) is 3. The molecule has 1 aliphatic rings. The molecule has 0 heterocycles. The molecule has 1 fully saturated rings. The Morgan fingerprint density at radius 2 is 2.19 bits per heavy atom. The lowest BCUT2D eigenvalue weighted by molar-refractivity contribution is 0.185. The van der Waals surface area contributed by atoms with Crippen LogP contribution in [0.4, 0.5) is 5.69 Å². The number of guanidine groups is 1. The van der Waals surface area contributed by atoms with Crippen LogP contribution in [0.2, 0.25) is 0 Å². The van der Waals surface area contributed by atoms with Gasteiger partial charge in [0, 0.05) is 30.4 Å². The van der Waals surface area contributed by atoms with Gasteiger partial charge >= 0.3 is 0 Å². The lowest BCUT2D eigenvalue weighted by atomic mass is 10.2. The quantitative estimate of drug-likeness (QED) is 0.596. The number of para-hydroxylation sites is 1. The highest BCUT2D eigenvalue weighted by molar-refractivity contribution is 5.92. The number of nitrogens with two attached hydrogens (primary N) is 1. The molecule has 0 spiro atoms. The minimum absolute atomic E-state index is 0.409. The van der Waals surface area contributed by atoms with Gasteiger partial charge in [-0.15, -0.1) is 0 Å². The zero-order valence-electron chi connectivity index (χ0n) is 13.2. The van der Waals surface area contributed by atoms with Gasteiger partial charge in [-0.25, -0.2) is 0 Å². The standard InChI is InChI=1S/C16H26N4O/c1-12(20(2)14-8-9-14)10-18-16(17)19-15-7-5-4-6-13(15)11-21-3/h4-7,12,14H,8-11H2,1-3H3,(H3,17,18,19). The van der Waals surface area contributed by atoms with E-state index < -0.39 is 0 Å². The Labute approximate surface area is 127 Å². The first kappa shape index (κ1) is 15.8. The molecular weight excluding hydrogens is 264 g/mol. The second-order valence-corrected chi connectivity index (χ2v) is 5.69. The molecule has 1 saturated carbocycles. The van der Waals surface area contributed by atoms with Gasteiger partial charge in [-0.05, 0) is 32.9 Å². The van der Waals surface area contributed by atoms with Gasteiger partial charge in [0.2, 0.25) is 0 Å². The fourth-order valence-electron chi connectivity index (χ4n) is 2.30. The molecule has 1 aromatic rings. The molecular formula is C16H26N4O. The van der Waals surface area contributed by atoms with Crippen molar-refractivity contribution in [3.63, 3.8) is 0 Å². The number of nitrogens with one attached hydrogen (secondary N) is 1. The molecule has 116 valence electrons. The van der Waals surface area contributed by atoms with Gasteiger partial charge in [-0.1, -0.05) is 18.2 Å². The number of hydrogen-bond donors (Lipinski definition) is 2. The van der Waals surface area contributed by atoms with Gasteiger partial charge in [0.15, 0.2) is 5.96 Å². The molecule has 1 aromatic carbocycles. The molecule has 0 radical (unpaired) electrons. The van der Waals surface area contributed by atoms with Crippen LogP contribution in [0.1, 0.15) is 25.3 Å². The van der Waals surface area contributed by atoms with Crippen molar-refractivity contribution in [3.05, 3.63) is 29.8 Å². The van der Waals surface area contributed by atoms with E-state index in [4.69, 9.17) is 10.5 Å². The number of anilines is 1. The number of aliphatic imine (C=N–C) groups is 1. The third-order valence-electron chi connectivity index (χ3n) is 3.92. The summed E-state index contributed by atoms with van der Waals surface area (Å²) in [7, 11) is 3.85. The normalized spacial score (nSPS) is 17.0. The van der Waals surface area contributed by atoms with Crippen LogP contribution >= 0.6 is 0 Å². The number of likely N-dealkylation sites (N-methyl/N-ethyl adjacent to an activating group) is 1. The van der Waals surface area contributed by atoms with Crippen LogP contribution < -0.4 is 11.1 Å². The molecule has 0 bridgehead atoms. The van der Waals surface area contributed by atoms with Crippen molar-refractivity contribution in [3.8, 4) is 0 Å². The van der Waals surface area contributed by atoms with E-state index >= 15 is 0 Å². The van der Waals surface area contributed by atoms with Crippen LogP contribution in [-0.2, 0) is 11.3 Å². The minimum Gasteiger partial charge on any atom is -0.380 e. The molecule has 0 aliphatic heterocycles. The zero-order valence-corrected chi connectivity index (χ0v) is 13.2. The second-order valence-electron chi connectivity index (χ2n) is 5.69. The van der Waals surface area contributed by atoms with E-state index in [1.54, 1.807) is 7.11 Å². The van der Waals surface area contributed by atoms with E-state index in [-0.39, 0.29) is 0 Å². The summed E-state index contributed by atoms with van der Waals surface area (Å²) < 4.78 is 5.19. The lowest BCUT2D eigenvalue weighted by Crippen LogP contribution is -2.34. The van der Waals surface area contributed by atoms with Crippen LogP contribution in [0.15, 0.2) is 29.3 Å². The van der Waals surface area contributed by atoms with Crippen molar-refractivity contribution >= 4 is 11.6 Å². The molecule has 1 unspecified atom stereocenters. The minimum atomic E-state index is 0.409. The predicted molar refractivity (Wildman–Crippen MR) is 87.5 cm³/mol. The third-order valence-corrected chi connectivity index (χ3v) is 3.92. The first-order valence-electron chi connectivity index (χ1n) is 7.47. The van der Waals surface area contributed by atoms with Crippen LogP contribution in [0.3, 0.4) is 0 Å². The summed E-state index contributed by atoms with van der Waals surface area (Å²) in [5.74, 6) is 0.453. The van der Waals surface area contributed by atoms with E-state index in [0.29, 0.717) is 25.2 Å². The van der Waals surface area contributed by atoms with Gasteiger partial charge in [-0.3, -0.25) is 9.89 Å². The summed E-state index contributed by atoms with van der Waals surface area (Å²) in [5.41, 5.74) is 8.01. The molecule has 2 rings (SSSR count). The summed E-state index contributed by atoms with van der Waals surface area (Å²) in [4.78, 5) is 6.84. The molecule has 21 heavy (non-hydrogen) atoms. The molecule has 0 aromatic heterocycles. The van der Waals surface area contributed by atoms with Crippen molar-refractivity contribution in [2.75, 3.05) is 26.0 Å². The number of methoxy groups -OCH3 is 1. The van der Waals surface area contributed by atoms with Crippen LogP contribution in [0, 0.1) is 0 Å². The Bertz CT molecular complexity index is 485. The Morgan fingerprint density at radius 3 is 2.86 bits per heavy atom. The fourth-order valence-corrected chi connectivity index (χ4v) is 2.30. The monoisotopic (exact) mass is 290 g/mol. The second kappa shape index (κ2) is 7.43. The average Bonchev–Trinajstić information content (AvgIpc) is 3.31. The number of ether oxygens (including phenoxy) is 1. The van der Waals surface area contributed by atoms with Crippen molar-refractivity contribution in [1.82, 2.24) is 4.90 Å². The molecule has 5 nitrogen and oxygen atoms in total. The first-order valence-corrected chi connectivity index (χ1v) is 7.47. The number of nitrogens with zero attached hydrogens (tertiary/aromatic N) is 2. The summed E-state index contributed by atoms with van der Waals surface area (Å²) in [6.07, 6.45) is 2.62. The van der Waals surface area contributed by atoms with Crippen molar-refractivity contribution in [2.45, 2.75) is 38.5 Å². The molecule has 5 heteroatoms. The predicted octanol–water partition coefficient (Wildman–Crippen LogP) is 2.04. The van der Waals surface area contributed by atoms with Gasteiger partial charge in [0.05, 0.1) is 13.2 Å². The van der Waals surface area contributed by atoms with Gasteiger partial charge in [0.1, 0.15) is 0 Å². The van der Waals surface area contributed by atoms with Crippen LogP contribution in [0.5, 0.6) is 0 Å². The Balaban J connectivity index is 1.90. The smallest absolute Gasteiger partial charge is 0.193 e. The molecule has 0 amide bonds. The van der Waals surface area contributed by atoms with Crippen molar-refractivity contribution in [2.24, 2.45) is 10.7 Å². The van der Waals surface area contributed by atoms with Crippen LogP contribution in [-0.4, -0.2) is 43.6 Å². The maximum atomic E-state index is 5.99. The third kappa shape index (κ3) is 4.72. The van der Waals surface area contributed by atoms with Crippen molar-refractivity contribution in [1.29, 1.82) is 0 Å². The van der Waals surface area contributed by atoms with E-state index in [1.165, 1.54) is 12.8 Å². The lowest BCUT2D eigenvalue weighted by Gasteiger charge is -2.22. The summed E-state index contributed by atoms with van der Waals surface area (Å²) in [6, 6.07) is 9.11. The number of benzene rings is 1. The first-order chi connectivity index (χ1) is 10.1. The van der Waals surface area contributed by atoms with E-state index in [0.717, 1.165) is 17.3 Å². The Kier molecular flexibility index (Phi) is 5.59. The van der Waals surface area contributed by atoms with E-state index in [1.807, 2.05) is 24.3 Å². The maximum absolute atomic E-state index is 5.99. The average molecular weight is 290 g/mol. The molecule has 1 atom stereocenters. The largest absolute Gasteiger partial charge is 0.380 e. The maximum Gasteiger partial charge on any atom is 0.193 e. The Morgan fingerprint density at radius 1 is 1.48 bits per heavy atom. The topological polar surface area (TPSA) is 62.9 Å². The highest BCUT2D eigenvalue weighted by Gasteiger charge is 2.28. The van der Waals surface area contributed by atoms with Gasteiger partial charge in [0.25, 0.3) is 0 Å². The summed E-state index contributed by atoms with van der Waals surface area (Å²) in [6.45, 7) is 3.45. The fraction of sp³-hybridized carbons (Fsp3) is 0.562. The zero-order chi connectivity index (χ0) is 15.2. The Hall–Kier alpha value is -1.59. The summed E-state index contributed by atoms with van der Waals surface area (Å²) in [5, 5.41) is 3.16. The van der Waals surface area contributed by atoms with Gasteiger partial charge in [-0.2, -0.15) is 0 Å². The van der Waals surface area contributed by atoms with Gasteiger partial charge < -0.3 is 15.8 Å². The van der Waals surface area contributed by atoms with E-state index in [9.17, 15) is 0 Å². The van der Waals surface area contributed by atoms with Crippen molar-refractivity contribution < 1.29 is 4.74 Å².